The topological polar surface area (TPSA) is 12.0 Å². The van der Waals surface area contributed by atoms with Gasteiger partial charge in [-0.15, -0.1) is 0 Å². The van der Waals surface area contributed by atoms with E-state index in [1.165, 1.54) is 11.1 Å². The highest BCUT2D eigenvalue weighted by Crippen LogP contribution is 2.23. The summed E-state index contributed by atoms with van der Waals surface area (Å²) in [7, 11) is 0. The van der Waals surface area contributed by atoms with E-state index in [1.807, 2.05) is 12.1 Å². The highest BCUT2D eigenvalue weighted by atomic mass is 79.9. The van der Waals surface area contributed by atoms with Crippen molar-refractivity contribution in [1.29, 1.82) is 0 Å². The van der Waals surface area contributed by atoms with Crippen molar-refractivity contribution in [2.75, 3.05) is 5.32 Å². The van der Waals surface area contributed by atoms with Gasteiger partial charge in [-0.3, -0.25) is 0 Å². The minimum absolute atomic E-state index is 0.747. The molecule has 0 fully saturated rings. The molecule has 0 aromatic heterocycles. The summed E-state index contributed by atoms with van der Waals surface area (Å²) >= 11 is 9.46. The third kappa shape index (κ3) is 3.50. The van der Waals surface area contributed by atoms with Gasteiger partial charge in [0.15, 0.2) is 0 Å². The van der Waals surface area contributed by atoms with Gasteiger partial charge in [0.1, 0.15) is 0 Å². The highest BCUT2D eigenvalue weighted by Gasteiger charge is 1.99. The van der Waals surface area contributed by atoms with E-state index in [9.17, 15) is 0 Å². The van der Waals surface area contributed by atoms with Crippen LogP contribution in [0.3, 0.4) is 0 Å². The molecule has 0 saturated carbocycles. The van der Waals surface area contributed by atoms with Crippen molar-refractivity contribution in [3.63, 3.8) is 0 Å². The van der Waals surface area contributed by atoms with E-state index < -0.39 is 0 Å². The van der Waals surface area contributed by atoms with Crippen LogP contribution in [0.15, 0.2) is 46.9 Å². The Kier molecular flexibility index (Phi) is 4.67. The van der Waals surface area contributed by atoms with Crippen molar-refractivity contribution in [3.8, 4) is 0 Å². The quantitative estimate of drug-likeness (QED) is 0.807. The van der Waals surface area contributed by atoms with Crippen LogP contribution in [0.4, 0.5) is 5.69 Å². The summed E-state index contributed by atoms with van der Waals surface area (Å²) in [6.45, 7) is 2.94. The van der Waals surface area contributed by atoms with Crippen LogP contribution in [0.5, 0.6) is 0 Å². The van der Waals surface area contributed by atoms with E-state index in [0.29, 0.717) is 0 Å². The number of rotatable bonds is 4. The molecule has 0 spiro atoms. The SMILES string of the molecule is CCc1cccc(NCc2ccc(Br)c(Cl)c2)c1. The Labute approximate surface area is 121 Å². The van der Waals surface area contributed by atoms with Crippen LogP contribution in [-0.4, -0.2) is 0 Å². The van der Waals surface area contributed by atoms with Gasteiger partial charge in [-0.25, -0.2) is 0 Å². The molecule has 0 aliphatic carbocycles. The maximum absolute atomic E-state index is 6.07. The fraction of sp³-hybridized carbons (Fsp3) is 0.200. The normalized spacial score (nSPS) is 10.4. The number of anilines is 1. The summed E-state index contributed by atoms with van der Waals surface area (Å²) in [5.74, 6) is 0. The first-order valence-corrected chi connectivity index (χ1v) is 7.13. The molecule has 94 valence electrons. The summed E-state index contributed by atoms with van der Waals surface area (Å²) in [5, 5.41) is 4.16. The summed E-state index contributed by atoms with van der Waals surface area (Å²) in [4.78, 5) is 0. The van der Waals surface area contributed by atoms with Crippen LogP contribution in [0.2, 0.25) is 5.02 Å². The van der Waals surface area contributed by atoms with Crippen LogP contribution in [0.1, 0.15) is 18.1 Å². The molecule has 0 aliphatic rings. The van der Waals surface area contributed by atoms with E-state index in [4.69, 9.17) is 11.6 Å². The Hall–Kier alpha value is -0.990. The molecule has 0 saturated heterocycles. The first-order valence-electron chi connectivity index (χ1n) is 5.96. The summed E-state index contributed by atoms with van der Waals surface area (Å²) in [6.07, 6.45) is 1.06. The van der Waals surface area contributed by atoms with Crippen molar-refractivity contribution in [2.45, 2.75) is 19.9 Å². The Morgan fingerprint density at radius 2 is 1.94 bits per heavy atom. The van der Waals surface area contributed by atoms with E-state index >= 15 is 0 Å². The van der Waals surface area contributed by atoms with E-state index in [-0.39, 0.29) is 0 Å². The molecular formula is C15H15BrClN. The molecule has 18 heavy (non-hydrogen) atoms. The lowest BCUT2D eigenvalue weighted by Crippen LogP contribution is -1.99. The van der Waals surface area contributed by atoms with Crippen molar-refractivity contribution >= 4 is 33.2 Å². The minimum atomic E-state index is 0.747. The fourth-order valence-electron chi connectivity index (χ4n) is 1.75. The number of hydrogen-bond acceptors (Lipinski definition) is 1. The monoisotopic (exact) mass is 323 g/mol. The van der Waals surface area contributed by atoms with Crippen LogP contribution >= 0.6 is 27.5 Å². The number of aryl methyl sites for hydroxylation is 1. The summed E-state index contributed by atoms with van der Waals surface area (Å²) in [5.41, 5.74) is 3.66. The Morgan fingerprint density at radius 3 is 2.67 bits per heavy atom. The lowest BCUT2D eigenvalue weighted by molar-refractivity contribution is 1.12. The Balaban J connectivity index is 2.04. The molecule has 1 nitrogen and oxygen atoms in total. The molecule has 0 atom stereocenters. The lowest BCUT2D eigenvalue weighted by Gasteiger charge is -2.08. The molecule has 1 N–H and O–H groups in total. The maximum atomic E-state index is 6.07. The van der Waals surface area contributed by atoms with Gasteiger partial charge in [0.25, 0.3) is 0 Å². The van der Waals surface area contributed by atoms with Crippen LogP contribution < -0.4 is 5.32 Å². The molecule has 0 bridgehead atoms. The second kappa shape index (κ2) is 6.26. The lowest BCUT2D eigenvalue weighted by atomic mass is 10.1. The van der Waals surface area contributed by atoms with Gasteiger partial charge < -0.3 is 5.32 Å². The van der Waals surface area contributed by atoms with Crippen LogP contribution in [-0.2, 0) is 13.0 Å². The second-order valence-corrected chi connectivity index (χ2v) is 5.42. The van der Waals surface area contributed by atoms with Crippen molar-refractivity contribution in [2.24, 2.45) is 0 Å². The number of halogens is 2. The van der Waals surface area contributed by atoms with Gasteiger partial charge in [0.05, 0.1) is 5.02 Å². The molecule has 2 aromatic rings. The zero-order valence-electron chi connectivity index (χ0n) is 10.2. The van der Waals surface area contributed by atoms with Gasteiger partial charge in [-0.2, -0.15) is 0 Å². The van der Waals surface area contributed by atoms with Gasteiger partial charge >= 0.3 is 0 Å². The Bertz CT molecular complexity index is 540. The van der Waals surface area contributed by atoms with Gasteiger partial charge in [0, 0.05) is 16.7 Å². The Morgan fingerprint density at radius 1 is 1.11 bits per heavy atom. The largest absolute Gasteiger partial charge is 0.381 e. The minimum Gasteiger partial charge on any atom is -0.381 e. The van der Waals surface area contributed by atoms with E-state index in [1.54, 1.807) is 0 Å². The average molecular weight is 325 g/mol. The number of hydrogen-bond donors (Lipinski definition) is 1. The third-order valence-corrected chi connectivity index (χ3v) is 4.05. The predicted molar refractivity (Wildman–Crippen MR) is 82.3 cm³/mol. The fourth-order valence-corrected chi connectivity index (χ4v) is 2.20. The molecule has 0 unspecified atom stereocenters. The summed E-state index contributed by atoms with van der Waals surface area (Å²) < 4.78 is 0.931. The zero-order valence-corrected chi connectivity index (χ0v) is 12.6. The molecule has 0 aliphatic heterocycles. The number of benzene rings is 2. The first kappa shape index (κ1) is 13.4. The summed E-state index contributed by atoms with van der Waals surface area (Å²) in [6, 6.07) is 14.5. The predicted octanol–water partition coefficient (Wildman–Crippen LogP) is 5.28. The maximum Gasteiger partial charge on any atom is 0.0551 e. The average Bonchev–Trinajstić information content (AvgIpc) is 2.40. The molecule has 0 heterocycles. The van der Waals surface area contributed by atoms with Crippen LogP contribution in [0.25, 0.3) is 0 Å². The van der Waals surface area contributed by atoms with Crippen molar-refractivity contribution < 1.29 is 0 Å². The third-order valence-electron chi connectivity index (χ3n) is 2.82. The zero-order chi connectivity index (χ0) is 13.0. The van der Waals surface area contributed by atoms with Gasteiger partial charge in [-0.1, -0.05) is 36.7 Å². The smallest absolute Gasteiger partial charge is 0.0551 e. The molecular weight excluding hydrogens is 310 g/mol. The van der Waals surface area contributed by atoms with Gasteiger partial charge in [0.2, 0.25) is 0 Å². The molecule has 3 heteroatoms. The van der Waals surface area contributed by atoms with E-state index in [0.717, 1.165) is 28.1 Å². The molecule has 0 amide bonds. The van der Waals surface area contributed by atoms with Crippen LogP contribution in [0, 0.1) is 0 Å². The first-order chi connectivity index (χ1) is 8.69. The highest BCUT2D eigenvalue weighted by molar-refractivity contribution is 9.10. The second-order valence-electron chi connectivity index (χ2n) is 4.16. The molecule has 0 radical (unpaired) electrons. The van der Waals surface area contributed by atoms with E-state index in [2.05, 4.69) is 58.5 Å². The standard InChI is InChI=1S/C15H15BrClN/c1-2-11-4-3-5-13(8-11)18-10-12-6-7-14(16)15(17)9-12/h3-9,18H,2,10H2,1H3. The van der Waals surface area contributed by atoms with Crippen molar-refractivity contribution in [3.05, 3.63) is 63.1 Å². The van der Waals surface area contributed by atoms with Gasteiger partial charge in [-0.05, 0) is 57.7 Å². The molecule has 2 aromatic carbocycles. The number of nitrogens with one attached hydrogen (secondary N) is 1. The van der Waals surface area contributed by atoms with Crippen molar-refractivity contribution in [1.82, 2.24) is 0 Å². The molecule has 2 rings (SSSR count).